The molecule has 1 aromatic carbocycles. The number of rotatable bonds is 4. The number of nitrogens with one attached hydrogen (secondary N) is 1. The van der Waals surface area contributed by atoms with Gasteiger partial charge in [-0.1, -0.05) is 24.3 Å². The molecule has 1 N–H and O–H groups in total. The molecule has 0 spiro atoms. The highest BCUT2D eigenvalue weighted by Gasteiger charge is 2.28. The number of benzene rings is 1. The van der Waals surface area contributed by atoms with Gasteiger partial charge >= 0.3 is 0 Å². The lowest BCUT2D eigenvalue weighted by Gasteiger charge is -2.32. The molecule has 128 valence electrons. The lowest BCUT2D eigenvalue weighted by molar-refractivity contribution is -0.130. The summed E-state index contributed by atoms with van der Waals surface area (Å²) in [6.07, 6.45) is 6.12. The zero-order valence-corrected chi connectivity index (χ0v) is 14.0. The highest BCUT2D eigenvalue weighted by Crippen LogP contribution is 2.32. The molecule has 0 radical (unpaired) electrons. The lowest BCUT2D eigenvalue weighted by Crippen LogP contribution is -2.37. The molecular weight excluding hydrogens is 304 g/mol. The van der Waals surface area contributed by atoms with E-state index in [9.17, 15) is 9.59 Å². The molecule has 2 atom stereocenters. The van der Waals surface area contributed by atoms with Gasteiger partial charge < -0.3 is 15.0 Å². The number of carbonyl (C=O) groups excluding carboxylic acids is 2. The second-order valence-corrected chi connectivity index (χ2v) is 6.48. The predicted molar refractivity (Wildman–Crippen MR) is 91.9 cm³/mol. The molecule has 3 rings (SSSR count). The number of carbonyl (C=O) groups is 2. The third-order valence-electron chi connectivity index (χ3n) is 4.69. The molecule has 2 aliphatic heterocycles. The van der Waals surface area contributed by atoms with Crippen LogP contribution in [-0.4, -0.2) is 36.5 Å². The van der Waals surface area contributed by atoms with E-state index in [4.69, 9.17) is 4.74 Å². The van der Waals surface area contributed by atoms with E-state index >= 15 is 0 Å². The second-order valence-electron chi connectivity index (χ2n) is 6.48. The molecule has 0 aromatic heterocycles. The fourth-order valence-corrected chi connectivity index (χ4v) is 3.39. The molecule has 0 aliphatic carbocycles. The Morgan fingerprint density at radius 3 is 2.92 bits per heavy atom. The molecule has 2 aliphatic rings. The van der Waals surface area contributed by atoms with Gasteiger partial charge in [-0.3, -0.25) is 9.59 Å². The Morgan fingerprint density at radius 1 is 1.33 bits per heavy atom. The molecule has 5 nitrogen and oxygen atoms in total. The molecule has 24 heavy (non-hydrogen) atoms. The van der Waals surface area contributed by atoms with E-state index in [1.54, 1.807) is 11.1 Å². The van der Waals surface area contributed by atoms with Gasteiger partial charge in [0, 0.05) is 26.3 Å². The molecule has 1 fully saturated rings. The van der Waals surface area contributed by atoms with E-state index in [2.05, 4.69) is 5.32 Å². The van der Waals surface area contributed by atoms with Crippen LogP contribution in [0.2, 0.25) is 0 Å². The Hall–Kier alpha value is -2.14. The molecule has 5 heteroatoms. The Bertz CT molecular complexity index is 635. The van der Waals surface area contributed by atoms with E-state index in [1.165, 1.54) is 6.92 Å². The Labute approximate surface area is 142 Å². The highest BCUT2D eigenvalue weighted by molar-refractivity contribution is 5.81. The maximum atomic E-state index is 12.4. The predicted octanol–water partition coefficient (Wildman–Crippen LogP) is 2.49. The van der Waals surface area contributed by atoms with Gasteiger partial charge in [0.1, 0.15) is 0 Å². The lowest BCUT2D eigenvalue weighted by atomic mass is 9.93. The van der Waals surface area contributed by atoms with E-state index in [-0.39, 0.29) is 24.3 Å². The summed E-state index contributed by atoms with van der Waals surface area (Å²) in [4.78, 5) is 26.0. The van der Waals surface area contributed by atoms with Crippen LogP contribution < -0.4 is 5.32 Å². The van der Waals surface area contributed by atoms with Gasteiger partial charge in [-0.05, 0) is 36.0 Å². The van der Waals surface area contributed by atoms with E-state index < -0.39 is 0 Å². The first-order chi connectivity index (χ1) is 11.6. The van der Waals surface area contributed by atoms with Crippen molar-refractivity contribution in [1.82, 2.24) is 10.2 Å². The second kappa shape index (κ2) is 7.62. The van der Waals surface area contributed by atoms with Crippen LogP contribution in [0.15, 0.2) is 30.5 Å². The van der Waals surface area contributed by atoms with Gasteiger partial charge in [0.15, 0.2) is 0 Å². The standard InChI is InChI=1S/C19H24N2O3/c1-14(22)21-9-8-16-6-2-3-7-17(16)18(21)11-19(23)20-12-15-5-4-10-24-13-15/h2-3,6-9,15,18H,4-5,10-13H2,1H3,(H,20,23). The third-order valence-corrected chi connectivity index (χ3v) is 4.69. The molecule has 1 aromatic rings. The van der Waals surface area contributed by atoms with Crippen LogP contribution in [0.3, 0.4) is 0 Å². The fourth-order valence-electron chi connectivity index (χ4n) is 3.39. The minimum atomic E-state index is -0.244. The topological polar surface area (TPSA) is 58.6 Å². The summed E-state index contributed by atoms with van der Waals surface area (Å²) in [6, 6.07) is 7.66. The number of fused-ring (bicyclic) bond motifs is 1. The SMILES string of the molecule is CC(=O)N1C=Cc2ccccc2C1CC(=O)NCC1CCCOC1. The molecule has 2 unspecified atom stereocenters. The van der Waals surface area contributed by atoms with Gasteiger partial charge in [0.2, 0.25) is 11.8 Å². The van der Waals surface area contributed by atoms with Crippen LogP contribution in [0.1, 0.15) is 43.4 Å². The Balaban J connectivity index is 1.65. The summed E-state index contributed by atoms with van der Waals surface area (Å²) >= 11 is 0. The first-order valence-electron chi connectivity index (χ1n) is 8.55. The van der Waals surface area contributed by atoms with Crippen LogP contribution >= 0.6 is 0 Å². The van der Waals surface area contributed by atoms with Gasteiger partial charge in [-0.25, -0.2) is 0 Å². The maximum absolute atomic E-state index is 12.4. The van der Waals surface area contributed by atoms with E-state index in [1.807, 2.05) is 30.3 Å². The zero-order valence-electron chi connectivity index (χ0n) is 14.0. The molecule has 2 amide bonds. The Morgan fingerprint density at radius 2 is 2.17 bits per heavy atom. The molecular formula is C19H24N2O3. The normalized spacial score (nSPS) is 22.8. The van der Waals surface area contributed by atoms with Crippen molar-refractivity contribution in [2.75, 3.05) is 19.8 Å². The average molecular weight is 328 g/mol. The van der Waals surface area contributed by atoms with Crippen molar-refractivity contribution < 1.29 is 14.3 Å². The summed E-state index contributed by atoms with van der Waals surface area (Å²) in [5.74, 6) is 0.311. The van der Waals surface area contributed by atoms with Gasteiger partial charge in [0.05, 0.1) is 19.1 Å². The summed E-state index contributed by atoms with van der Waals surface area (Å²) in [6.45, 7) is 3.71. The maximum Gasteiger partial charge on any atom is 0.223 e. The van der Waals surface area contributed by atoms with Crippen molar-refractivity contribution in [3.63, 3.8) is 0 Å². The van der Waals surface area contributed by atoms with Crippen molar-refractivity contribution in [2.24, 2.45) is 5.92 Å². The summed E-state index contributed by atoms with van der Waals surface area (Å²) in [7, 11) is 0. The smallest absolute Gasteiger partial charge is 0.223 e. The first-order valence-corrected chi connectivity index (χ1v) is 8.55. The number of nitrogens with zero attached hydrogens (tertiary/aromatic N) is 1. The quantitative estimate of drug-likeness (QED) is 0.924. The largest absolute Gasteiger partial charge is 0.381 e. The molecule has 1 saturated heterocycles. The minimum absolute atomic E-state index is 0.0260. The number of ether oxygens (including phenoxy) is 1. The molecule has 0 bridgehead atoms. The number of hydrogen-bond acceptors (Lipinski definition) is 3. The summed E-state index contributed by atoms with van der Waals surface area (Å²) in [5.41, 5.74) is 2.08. The van der Waals surface area contributed by atoms with Crippen LogP contribution in [0, 0.1) is 5.92 Å². The van der Waals surface area contributed by atoms with Crippen molar-refractivity contribution in [3.8, 4) is 0 Å². The third kappa shape index (κ3) is 3.85. The first kappa shape index (κ1) is 16.7. The van der Waals surface area contributed by atoms with E-state index in [0.717, 1.165) is 37.2 Å². The van der Waals surface area contributed by atoms with Gasteiger partial charge in [-0.2, -0.15) is 0 Å². The van der Waals surface area contributed by atoms with Crippen LogP contribution in [-0.2, 0) is 14.3 Å². The fraction of sp³-hybridized carbons (Fsp3) is 0.474. The highest BCUT2D eigenvalue weighted by atomic mass is 16.5. The number of hydrogen-bond donors (Lipinski definition) is 1. The van der Waals surface area contributed by atoms with Crippen LogP contribution in [0.4, 0.5) is 0 Å². The van der Waals surface area contributed by atoms with Gasteiger partial charge in [-0.15, -0.1) is 0 Å². The van der Waals surface area contributed by atoms with Crippen LogP contribution in [0.5, 0.6) is 0 Å². The average Bonchev–Trinajstić information content (AvgIpc) is 2.61. The molecule has 0 saturated carbocycles. The summed E-state index contributed by atoms with van der Waals surface area (Å²) < 4.78 is 5.45. The van der Waals surface area contributed by atoms with Crippen molar-refractivity contribution in [3.05, 3.63) is 41.6 Å². The Kier molecular flexibility index (Phi) is 5.30. The van der Waals surface area contributed by atoms with E-state index in [0.29, 0.717) is 12.5 Å². The van der Waals surface area contributed by atoms with Crippen molar-refractivity contribution in [2.45, 2.75) is 32.2 Å². The minimum Gasteiger partial charge on any atom is -0.381 e. The van der Waals surface area contributed by atoms with Gasteiger partial charge in [0.25, 0.3) is 0 Å². The number of amides is 2. The summed E-state index contributed by atoms with van der Waals surface area (Å²) in [5, 5.41) is 3.01. The molecule has 2 heterocycles. The van der Waals surface area contributed by atoms with Crippen molar-refractivity contribution >= 4 is 17.9 Å². The van der Waals surface area contributed by atoms with Crippen molar-refractivity contribution in [1.29, 1.82) is 0 Å². The monoisotopic (exact) mass is 328 g/mol. The zero-order chi connectivity index (χ0) is 16.9. The van der Waals surface area contributed by atoms with Crippen LogP contribution in [0.25, 0.3) is 6.08 Å².